The molecule has 136 valence electrons. The van der Waals surface area contributed by atoms with Crippen molar-refractivity contribution in [2.45, 2.75) is 82.1 Å². The van der Waals surface area contributed by atoms with Crippen molar-refractivity contribution >= 4 is 6.29 Å². The van der Waals surface area contributed by atoms with Crippen molar-refractivity contribution in [3.63, 3.8) is 0 Å². The molecule has 4 rings (SSSR count). The quantitative estimate of drug-likeness (QED) is 0.763. The van der Waals surface area contributed by atoms with Gasteiger partial charge in [-0.25, -0.2) is 0 Å². The van der Waals surface area contributed by atoms with E-state index in [1.165, 1.54) is 56.9 Å². The van der Waals surface area contributed by atoms with Gasteiger partial charge in [0.2, 0.25) is 0 Å². The molecular formula is C23H32O2. The Balaban J connectivity index is 1.76. The van der Waals surface area contributed by atoms with Crippen molar-refractivity contribution in [1.29, 1.82) is 0 Å². The summed E-state index contributed by atoms with van der Waals surface area (Å²) in [6, 6.07) is 10.6. The largest absolute Gasteiger partial charge is 0.389 e. The van der Waals surface area contributed by atoms with Crippen LogP contribution >= 0.6 is 0 Å². The average molecular weight is 341 g/mol. The molecule has 1 spiro atoms. The summed E-state index contributed by atoms with van der Waals surface area (Å²) < 4.78 is 0. The number of hydrogen-bond donors (Lipinski definition) is 1. The van der Waals surface area contributed by atoms with Crippen molar-refractivity contribution in [2.24, 2.45) is 17.3 Å². The molecule has 1 aromatic rings. The fourth-order valence-corrected chi connectivity index (χ4v) is 6.64. The van der Waals surface area contributed by atoms with Crippen molar-refractivity contribution in [1.82, 2.24) is 0 Å². The van der Waals surface area contributed by atoms with Crippen molar-refractivity contribution < 1.29 is 9.90 Å². The summed E-state index contributed by atoms with van der Waals surface area (Å²) in [6.45, 7) is 0. The summed E-state index contributed by atoms with van der Waals surface area (Å²) in [5.74, 6) is 0.262. The van der Waals surface area contributed by atoms with Crippen molar-refractivity contribution in [2.75, 3.05) is 0 Å². The van der Waals surface area contributed by atoms with Gasteiger partial charge in [0.25, 0.3) is 0 Å². The van der Waals surface area contributed by atoms with Crippen LogP contribution in [0.1, 0.15) is 82.1 Å². The molecule has 0 saturated heterocycles. The molecule has 0 aliphatic heterocycles. The molecule has 0 unspecified atom stereocenters. The number of carbonyl (C=O) groups is 1. The Bertz CT molecular complexity index is 583. The predicted octanol–water partition coefficient (Wildman–Crippen LogP) is 5.25. The zero-order chi connectivity index (χ0) is 17.3. The smallest absolute Gasteiger partial charge is 0.126 e. The first kappa shape index (κ1) is 17.3. The highest BCUT2D eigenvalue weighted by Gasteiger charge is 2.62. The minimum atomic E-state index is -0.792. The van der Waals surface area contributed by atoms with Gasteiger partial charge in [0.05, 0.1) is 11.5 Å². The molecule has 0 heterocycles. The fourth-order valence-electron chi connectivity index (χ4n) is 6.64. The normalized spacial score (nSPS) is 35.7. The number of carbonyl (C=O) groups excluding carboxylic acids is 1. The first-order valence-corrected chi connectivity index (χ1v) is 10.4. The zero-order valence-electron chi connectivity index (χ0n) is 15.3. The van der Waals surface area contributed by atoms with Gasteiger partial charge in [0, 0.05) is 5.92 Å². The lowest BCUT2D eigenvalue weighted by Crippen LogP contribution is -2.44. The Kier molecular flexibility index (Phi) is 4.75. The second-order valence-corrected chi connectivity index (χ2v) is 8.98. The second kappa shape index (κ2) is 6.87. The van der Waals surface area contributed by atoms with Crippen LogP contribution in [0.4, 0.5) is 0 Å². The van der Waals surface area contributed by atoms with Gasteiger partial charge in [0.1, 0.15) is 6.29 Å². The third-order valence-electron chi connectivity index (χ3n) is 7.70. The van der Waals surface area contributed by atoms with Gasteiger partial charge in [-0.15, -0.1) is 0 Å². The molecule has 0 amide bonds. The number of rotatable bonds is 3. The van der Waals surface area contributed by atoms with E-state index in [0.717, 1.165) is 25.5 Å². The average Bonchev–Trinajstić information content (AvgIpc) is 2.92. The molecule has 25 heavy (non-hydrogen) atoms. The standard InChI is InChI=1S/C23H32O2/c24-16-20-21(18-10-4-1-5-11-18)22(14-8-3-9-15-22)17-23(20,25)19-12-6-2-7-13-19/h1,4-5,10-11,16,19-21,25H,2-3,6-9,12-15,17H2/t20-,21-,23-/m1/s1. The third-order valence-corrected chi connectivity index (χ3v) is 7.70. The van der Waals surface area contributed by atoms with E-state index in [2.05, 4.69) is 30.3 Å². The van der Waals surface area contributed by atoms with E-state index in [0.29, 0.717) is 5.92 Å². The van der Waals surface area contributed by atoms with Crippen LogP contribution in [-0.2, 0) is 4.79 Å². The molecule has 0 aromatic heterocycles. The predicted molar refractivity (Wildman–Crippen MR) is 100 cm³/mol. The van der Waals surface area contributed by atoms with Gasteiger partial charge in [-0.1, -0.05) is 68.9 Å². The minimum Gasteiger partial charge on any atom is -0.389 e. The van der Waals surface area contributed by atoms with Crippen LogP contribution in [0.25, 0.3) is 0 Å². The molecule has 1 aromatic carbocycles. The van der Waals surface area contributed by atoms with Gasteiger partial charge >= 0.3 is 0 Å². The van der Waals surface area contributed by atoms with E-state index in [1.54, 1.807) is 0 Å². The topological polar surface area (TPSA) is 37.3 Å². The summed E-state index contributed by atoms with van der Waals surface area (Å²) in [5.41, 5.74) is 0.602. The van der Waals surface area contributed by atoms with Gasteiger partial charge in [-0.2, -0.15) is 0 Å². The highest BCUT2D eigenvalue weighted by atomic mass is 16.3. The highest BCUT2D eigenvalue weighted by Crippen LogP contribution is 2.65. The van der Waals surface area contributed by atoms with E-state index in [4.69, 9.17) is 0 Å². The summed E-state index contributed by atoms with van der Waals surface area (Å²) in [5, 5.41) is 11.9. The molecule has 3 aliphatic carbocycles. The lowest BCUT2D eigenvalue weighted by atomic mass is 9.64. The molecule has 2 nitrogen and oxygen atoms in total. The van der Waals surface area contributed by atoms with Gasteiger partial charge in [-0.3, -0.25) is 0 Å². The molecule has 3 atom stereocenters. The first-order chi connectivity index (χ1) is 12.2. The maximum atomic E-state index is 12.3. The van der Waals surface area contributed by atoms with Gasteiger partial charge in [0.15, 0.2) is 0 Å². The Morgan fingerprint density at radius 3 is 2.20 bits per heavy atom. The minimum absolute atomic E-state index is 0.122. The fraction of sp³-hybridized carbons (Fsp3) is 0.696. The number of aldehydes is 1. The Labute approximate surface area is 152 Å². The highest BCUT2D eigenvalue weighted by molar-refractivity contribution is 5.61. The van der Waals surface area contributed by atoms with Crippen molar-refractivity contribution in [3.05, 3.63) is 35.9 Å². The van der Waals surface area contributed by atoms with E-state index < -0.39 is 5.60 Å². The van der Waals surface area contributed by atoms with Gasteiger partial charge in [-0.05, 0) is 49.0 Å². The van der Waals surface area contributed by atoms with E-state index in [9.17, 15) is 9.90 Å². The summed E-state index contributed by atoms with van der Waals surface area (Å²) >= 11 is 0. The maximum absolute atomic E-state index is 12.3. The van der Waals surface area contributed by atoms with E-state index in [-0.39, 0.29) is 17.3 Å². The molecule has 2 heteroatoms. The van der Waals surface area contributed by atoms with Crippen LogP contribution < -0.4 is 0 Å². The third kappa shape index (κ3) is 2.87. The molecule has 3 aliphatic rings. The van der Waals surface area contributed by atoms with Crippen LogP contribution in [0.5, 0.6) is 0 Å². The number of hydrogen-bond acceptors (Lipinski definition) is 2. The van der Waals surface area contributed by atoms with Crippen LogP contribution in [-0.4, -0.2) is 17.0 Å². The lowest BCUT2D eigenvalue weighted by molar-refractivity contribution is -0.124. The molecule has 3 saturated carbocycles. The summed E-state index contributed by atoms with van der Waals surface area (Å²) in [4.78, 5) is 12.3. The monoisotopic (exact) mass is 340 g/mol. The Hall–Kier alpha value is -1.15. The maximum Gasteiger partial charge on any atom is 0.126 e. The first-order valence-electron chi connectivity index (χ1n) is 10.4. The van der Waals surface area contributed by atoms with Crippen LogP contribution in [0.3, 0.4) is 0 Å². The second-order valence-electron chi connectivity index (χ2n) is 8.98. The summed E-state index contributed by atoms with van der Waals surface area (Å²) in [6.07, 6.45) is 14.0. The van der Waals surface area contributed by atoms with Crippen LogP contribution in [0.15, 0.2) is 30.3 Å². The number of benzene rings is 1. The molecular weight excluding hydrogens is 308 g/mol. The SMILES string of the molecule is O=C[C@@H]1[C@@H](c2ccccc2)C2(CCCCC2)C[C@@]1(O)C1CCCCC1. The zero-order valence-corrected chi connectivity index (χ0v) is 15.3. The molecule has 0 bridgehead atoms. The molecule has 1 N–H and O–H groups in total. The van der Waals surface area contributed by atoms with Crippen LogP contribution in [0, 0.1) is 17.3 Å². The van der Waals surface area contributed by atoms with Crippen LogP contribution in [0.2, 0.25) is 0 Å². The molecule has 3 fully saturated rings. The Morgan fingerprint density at radius 1 is 0.920 bits per heavy atom. The van der Waals surface area contributed by atoms with Gasteiger partial charge < -0.3 is 9.90 Å². The van der Waals surface area contributed by atoms with Crippen molar-refractivity contribution in [3.8, 4) is 0 Å². The van der Waals surface area contributed by atoms with E-state index in [1.807, 2.05) is 0 Å². The Morgan fingerprint density at radius 2 is 1.56 bits per heavy atom. The lowest BCUT2D eigenvalue weighted by Gasteiger charge is -2.40. The summed E-state index contributed by atoms with van der Waals surface area (Å²) in [7, 11) is 0. The van der Waals surface area contributed by atoms with E-state index >= 15 is 0 Å². The number of aliphatic hydroxyl groups is 1. The molecule has 0 radical (unpaired) electrons.